The Bertz CT molecular complexity index is 1150. The maximum absolute atomic E-state index is 12.5. The normalized spacial score (nSPS) is 10.8. The van der Waals surface area contributed by atoms with Crippen molar-refractivity contribution in [2.45, 2.75) is 12.8 Å². The number of fused-ring (bicyclic) bond motifs is 1. The predicted molar refractivity (Wildman–Crippen MR) is 116 cm³/mol. The van der Waals surface area contributed by atoms with Crippen molar-refractivity contribution in [3.05, 3.63) is 89.7 Å². The number of amides is 1. The van der Waals surface area contributed by atoms with Gasteiger partial charge in [0.2, 0.25) is 0 Å². The molecule has 1 N–H and O–H groups in total. The standard InChI is InChI=1S/C24H23N3O2/c1-27-22-9-4-3-8-21(22)26-23(27)15-10-17-6-5-7-19(16-17)25-24(28)18-11-13-20(29-2)14-12-18/h3-9,11-14,16H,10,15H2,1-2H3,(H,25,28). The highest BCUT2D eigenvalue weighted by Crippen LogP contribution is 2.18. The third-order valence-corrected chi connectivity index (χ3v) is 5.05. The third-order valence-electron chi connectivity index (χ3n) is 5.05. The van der Waals surface area contributed by atoms with Gasteiger partial charge in [-0.2, -0.15) is 0 Å². The fourth-order valence-electron chi connectivity index (χ4n) is 3.43. The second kappa shape index (κ2) is 8.19. The van der Waals surface area contributed by atoms with Gasteiger partial charge in [0.15, 0.2) is 0 Å². The Kier molecular flexibility index (Phi) is 5.29. The van der Waals surface area contributed by atoms with Gasteiger partial charge in [0, 0.05) is 24.7 Å². The van der Waals surface area contributed by atoms with E-state index >= 15 is 0 Å². The molecule has 0 fully saturated rings. The number of aryl methyl sites for hydroxylation is 3. The second-order valence-corrected chi connectivity index (χ2v) is 6.96. The van der Waals surface area contributed by atoms with E-state index in [2.05, 4.69) is 29.1 Å². The van der Waals surface area contributed by atoms with Crippen molar-refractivity contribution in [2.24, 2.45) is 7.05 Å². The molecule has 0 radical (unpaired) electrons. The molecule has 5 nitrogen and oxygen atoms in total. The molecule has 0 aliphatic rings. The zero-order chi connectivity index (χ0) is 20.2. The van der Waals surface area contributed by atoms with Crippen LogP contribution in [-0.2, 0) is 19.9 Å². The smallest absolute Gasteiger partial charge is 0.255 e. The summed E-state index contributed by atoms with van der Waals surface area (Å²) in [5.41, 5.74) is 4.70. The van der Waals surface area contributed by atoms with E-state index in [1.54, 1.807) is 31.4 Å². The number of ether oxygens (including phenoxy) is 1. The minimum atomic E-state index is -0.139. The second-order valence-electron chi connectivity index (χ2n) is 6.96. The first-order valence-corrected chi connectivity index (χ1v) is 9.59. The average Bonchev–Trinajstić information content (AvgIpc) is 3.08. The van der Waals surface area contributed by atoms with Gasteiger partial charge in [-0.3, -0.25) is 4.79 Å². The Morgan fingerprint density at radius 1 is 1.00 bits per heavy atom. The van der Waals surface area contributed by atoms with Gasteiger partial charge in [0.1, 0.15) is 11.6 Å². The van der Waals surface area contributed by atoms with Crippen LogP contribution in [0, 0.1) is 0 Å². The van der Waals surface area contributed by atoms with E-state index in [9.17, 15) is 4.79 Å². The summed E-state index contributed by atoms with van der Waals surface area (Å²) in [6.07, 6.45) is 1.68. The SMILES string of the molecule is COc1ccc(C(=O)Nc2cccc(CCc3nc4ccccc4n3C)c2)cc1. The van der Waals surface area contributed by atoms with E-state index < -0.39 is 0 Å². The van der Waals surface area contributed by atoms with Crippen molar-refractivity contribution in [3.8, 4) is 5.75 Å². The Morgan fingerprint density at radius 2 is 1.79 bits per heavy atom. The lowest BCUT2D eigenvalue weighted by atomic mass is 10.1. The van der Waals surface area contributed by atoms with Crippen LogP contribution in [0.5, 0.6) is 5.75 Å². The van der Waals surface area contributed by atoms with Crippen LogP contribution in [0.3, 0.4) is 0 Å². The summed E-state index contributed by atoms with van der Waals surface area (Å²) in [5, 5.41) is 2.97. The summed E-state index contributed by atoms with van der Waals surface area (Å²) in [5.74, 6) is 1.64. The van der Waals surface area contributed by atoms with Crippen LogP contribution in [0.2, 0.25) is 0 Å². The molecule has 0 bridgehead atoms. The fourth-order valence-corrected chi connectivity index (χ4v) is 3.43. The van der Waals surface area contributed by atoms with Crippen LogP contribution in [0.4, 0.5) is 5.69 Å². The Hall–Kier alpha value is -3.60. The molecule has 29 heavy (non-hydrogen) atoms. The van der Waals surface area contributed by atoms with Crippen LogP contribution in [0.25, 0.3) is 11.0 Å². The number of benzene rings is 3. The first kappa shape index (κ1) is 18.7. The number of para-hydroxylation sites is 2. The van der Waals surface area contributed by atoms with E-state index in [0.29, 0.717) is 5.56 Å². The van der Waals surface area contributed by atoms with Gasteiger partial charge in [-0.15, -0.1) is 0 Å². The molecule has 1 amide bonds. The van der Waals surface area contributed by atoms with Crippen molar-refractivity contribution >= 4 is 22.6 Å². The minimum absolute atomic E-state index is 0.139. The average molecular weight is 385 g/mol. The number of anilines is 1. The number of nitrogens with one attached hydrogen (secondary N) is 1. The first-order valence-electron chi connectivity index (χ1n) is 9.59. The number of aromatic nitrogens is 2. The van der Waals surface area contributed by atoms with Gasteiger partial charge in [0.25, 0.3) is 5.91 Å². The van der Waals surface area contributed by atoms with Crippen LogP contribution >= 0.6 is 0 Å². The summed E-state index contributed by atoms with van der Waals surface area (Å²) in [6, 6.07) is 23.2. The summed E-state index contributed by atoms with van der Waals surface area (Å²) in [7, 11) is 3.66. The molecule has 146 valence electrons. The number of carbonyl (C=O) groups excluding carboxylic acids is 1. The van der Waals surface area contributed by atoms with E-state index in [4.69, 9.17) is 9.72 Å². The molecule has 0 saturated carbocycles. The lowest BCUT2D eigenvalue weighted by Gasteiger charge is -2.08. The number of methoxy groups -OCH3 is 1. The molecule has 0 unspecified atom stereocenters. The van der Waals surface area contributed by atoms with E-state index in [1.165, 1.54) is 0 Å². The molecule has 0 spiro atoms. The zero-order valence-corrected chi connectivity index (χ0v) is 16.6. The summed E-state index contributed by atoms with van der Waals surface area (Å²) < 4.78 is 7.28. The Morgan fingerprint density at radius 3 is 2.55 bits per heavy atom. The predicted octanol–water partition coefficient (Wildman–Crippen LogP) is 4.62. The highest BCUT2D eigenvalue weighted by Gasteiger charge is 2.09. The molecular formula is C24H23N3O2. The largest absolute Gasteiger partial charge is 0.497 e. The number of imidazole rings is 1. The lowest BCUT2D eigenvalue weighted by molar-refractivity contribution is 0.102. The summed E-state index contributed by atoms with van der Waals surface area (Å²) >= 11 is 0. The highest BCUT2D eigenvalue weighted by atomic mass is 16.5. The van der Waals surface area contributed by atoms with E-state index in [0.717, 1.165) is 46.7 Å². The molecule has 0 aliphatic heterocycles. The molecular weight excluding hydrogens is 362 g/mol. The first-order chi connectivity index (χ1) is 14.1. The molecule has 0 aliphatic carbocycles. The maximum atomic E-state index is 12.5. The monoisotopic (exact) mass is 385 g/mol. The van der Waals surface area contributed by atoms with Crippen LogP contribution < -0.4 is 10.1 Å². The van der Waals surface area contributed by atoms with E-state index in [-0.39, 0.29) is 5.91 Å². The molecule has 5 heteroatoms. The lowest BCUT2D eigenvalue weighted by Crippen LogP contribution is -2.12. The Labute approximate surface area is 170 Å². The van der Waals surface area contributed by atoms with Crippen molar-refractivity contribution in [3.63, 3.8) is 0 Å². The third kappa shape index (κ3) is 4.14. The number of hydrogen-bond acceptors (Lipinski definition) is 3. The van der Waals surface area contributed by atoms with Crippen molar-refractivity contribution < 1.29 is 9.53 Å². The molecule has 1 aromatic heterocycles. The molecule has 1 heterocycles. The number of nitrogens with zero attached hydrogens (tertiary/aromatic N) is 2. The summed E-state index contributed by atoms with van der Waals surface area (Å²) in [6.45, 7) is 0. The van der Waals surface area contributed by atoms with Gasteiger partial charge in [0.05, 0.1) is 18.1 Å². The number of carbonyl (C=O) groups is 1. The van der Waals surface area contributed by atoms with Crippen molar-refractivity contribution in [1.29, 1.82) is 0 Å². The van der Waals surface area contributed by atoms with Gasteiger partial charge >= 0.3 is 0 Å². The molecule has 4 aromatic rings. The van der Waals surface area contributed by atoms with Crippen LogP contribution in [-0.4, -0.2) is 22.6 Å². The number of hydrogen-bond donors (Lipinski definition) is 1. The van der Waals surface area contributed by atoms with Gasteiger partial charge in [-0.25, -0.2) is 4.98 Å². The molecule has 4 rings (SSSR count). The van der Waals surface area contributed by atoms with Gasteiger partial charge in [-0.1, -0.05) is 24.3 Å². The molecule has 0 saturated heterocycles. The van der Waals surface area contributed by atoms with Crippen LogP contribution in [0.1, 0.15) is 21.7 Å². The zero-order valence-electron chi connectivity index (χ0n) is 16.6. The highest BCUT2D eigenvalue weighted by molar-refractivity contribution is 6.04. The minimum Gasteiger partial charge on any atom is -0.497 e. The fraction of sp³-hybridized carbons (Fsp3) is 0.167. The number of rotatable bonds is 6. The van der Waals surface area contributed by atoms with Crippen molar-refractivity contribution in [2.75, 3.05) is 12.4 Å². The van der Waals surface area contributed by atoms with Gasteiger partial charge < -0.3 is 14.6 Å². The topological polar surface area (TPSA) is 56.1 Å². The summed E-state index contributed by atoms with van der Waals surface area (Å²) in [4.78, 5) is 17.2. The molecule has 0 atom stereocenters. The quantitative estimate of drug-likeness (QED) is 0.527. The molecule has 3 aromatic carbocycles. The van der Waals surface area contributed by atoms with E-state index in [1.807, 2.05) is 36.4 Å². The van der Waals surface area contributed by atoms with Crippen molar-refractivity contribution in [1.82, 2.24) is 9.55 Å². The van der Waals surface area contributed by atoms with Crippen LogP contribution in [0.15, 0.2) is 72.8 Å². The maximum Gasteiger partial charge on any atom is 0.255 e. The van der Waals surface area contributed by atoms with Gasteiger partial charge in [-0.05, 0) is 60.5 Å². The Balaban J connectivity index is 1.44.